The van der Waals surface area contributed by atoms with Crippen LogP contribution in [0, 0.1) is 4.91 Å². The molecule has 3 atom stereocenters. The van der Waals surface area contributed by atoms with Crippen molar-refractivity contribution in [3.05, 3.63) is 31.4 Å². The molecule has 1 unspecified atom stereocenters. The van der Waals surface area contributed by atoms with Crippen LogP contribution in [0.4, 0.5) is 5.13 Å². The summed E-state index contributed by atoms with van der Waals surface area (Å²) in [4.78, 5) is 58.9. The van der Waals surface area contributed by atoms with Gasteiger partial charge in [0.2, 0.25) is 6.04 Å². The van der Waals surface area contributed by atoms with Gasteiger partial charge in [-0.2, -0.15) is 16.1 Å². The van der Waals surface area contributed by atoms with E-state index in [2.05, 4.69) is 24.8 Å². The van der Waals surface area contributed by atoms with Crippen molar-refractivity contribution in [1.29, 1.82) is 0 Å². The maximum atomic E-state index is 12.9. The van der Waals surface area contributed by atoms with Gasteiger partial charge in [0, 0.05) is 23.0 Å². The van der Waals surface area contributed by atoms with Gasteiger partial charge in [0.15, 0.2) is 15.3 Å². The van der Waals surface area contributed by atoms with Gasteiger partial charge < -0.3 is 21.9 Å². The van der Waals surface area contributed by atoms with Crippen LogP contribution in [0.5, 0.6) is 0 Å². The van der Waals surface area contributed by atoms with Gasteiger partial charge in [0.25, 0.3) is 11.8 Å². The van der Waals surface area contributed by atoms with Gasteiger partial charge in [-0.1, -0.05) is 34.7 Å². The molecule has 1 fully saturated rings. The van der Waals surface area contributed by atoms with E-state index in [0.717, 1.165) is 45.3 Å². The Hall–Kier alpha value is -1.96. The molecule has 4 rings (SSSR count). The van der Waals surface area contributed by atoms with E-state index < -0.39 is 35.2 Å². The van der Waals surface area contributed by atoms with Crippen LogP contribution >= 0.6 is 69.8 Å². The topological polar surface area (TPSA) is 207 Å². The van der Waals surface area contributed by atoms with Crippen LogP contribution in [0.3, 0.4) is 0 Å². The highest BCUT2D eigenvalue weighted by atomic mass is 35.5. The van der Waals surface area contributed by atoms with E-state index in [1.807, 2.05) is 0 Å². The largest absolute Gasteiger partial charge is 0.477 e. The number of aliphatic carboxylic acids is 1. The summed E-state index contributed by atoms with van der Waals surface area (Å²) in [5.41, 5.74) is 10.8. The summed E-state index contributed by atoms with van der Waals surface area (Å²) in [5.74, 6) is -0.516. The molecule has 1 saturated heterocycles. The minimum Gasteiger partial charge on any atom is -0.477 e. The first-order chi connectivity index (χ1) is 17.2. The summed E-state index contributed by atoms with van der Waals surface area (Å²) in [6, 6.07) is -2.65. The number of halogens is 1. The van der Waals surface area contributed by atoms with E-state index in [9.17, 15) is 24.4 Å². The molecule has 192 valence electrons. The Labute approximate surface area is 229 Å². The lowest BCUT2D eigenvalue weighted by atomic mass is 10.0. The van der Waals surface area contributed by atoms with Crippen molar-refractivity contribution in [2.24, 2.45) is 10.9 Å². The molecule has 0 aliphatic carbocycles. The predicted molar refractivity (Wildman–Crippen MR) is 141 cm³/mol. The van der Waals surface area contributed by atoms with Crippen LogP contribution in [0.25, 0.3) is 0 Å². The lowest BCUT2D eigenvalue weighted by Crippen LogP contribution is -2.70. The number of nitrogens with two attached hydrogens (primary N) is 2. The summed E-state index contributed by atoms with van der Waals surface area (Å²) in [6.45, 7) is 0.550. The number of β-lactam (4-membered cyclic amide) rings is 1. The number of hydrogen-bond donors (Lipinski definition) is 4. The second-order valence-electron chi connectivity index (χ2n) is 7.11. The summed E-state index contributed by atoms with van der Waals surface area (Å²) in [7, 11) is 0. The number of nitroso groups, excluding NO2 is 1. The number of nitrogens with zero attached hydrogens (tertiary/aromatic N) is 5. The molecule has 2 aromatic heterocycles. The fraction of sp³-hybridized carbons (Fsp3) is 0.412. The summed E-state index contributed by atoms with van der Waals surface area (Å²) < 4.78 is 4.87. The molecule has 0 spiro atoms. The molecule has 4 heterocycles. The maximum Gasteiger partial charge on any atom is 0.353 e. The quantitative estimate of drug-likeness (QED) is 0.163. The number of thioether (sulfide) groups is 3. The molecular weight excluding hydrogens is 592 g/mol. The standard InChI is InChI=1S/C17H17ClN8O5S5/c18-11-7(23-16(20)35-11)8(24-31)12(27)22-9-13(28)26-10(15(29)30)5(3-33-14(9)26)34-17-21-6(25-36-17)4-32-2-1-19/h8-9,14H,1-4,19H2,(H2,20,23)(H,22,27)(H,29,30)/t8?,9-,14+/m1/s1. The van der Waals surface area contributed by atoms with E-state index in [4.69, 9.17) is 23.1 Å². The number of amides is 2. The Morgan fingerprint density at radius 3 is 2.81 bits per heavy atom. The van der Waals surface area contributed by atoms with Gasteiger partial charge in [0.1, 0.15) is 27.1 Å². The van der Waals surface area contributed by atoms with Gasteiger partial charge in [-0.15, -0.1) is 16.7 Å². The first kappa shape index (κ1) is 27.1. The van der Waals surface area contributed by atoms with Crippen molar-refractivity contribution in [1.82, 2.24) is 24.6 Å². The number of carbonyl (C=O) groups is 3. The lowest BCUT2D eigenvalue weighted by molar-refractivity contribution is -0.150. The molecule has 19 heteroatoms. The number of thiazole rings is 1. The van der Waals surface area contributed by atoms with E-state index >= 15 is 0 Å². The maximum absolute atomic E-state index is 12.9. The second-order valence-corrected chi connectivity index (χ2v) is 13.0. The SMILES string of the molecule is NCCSCc1nsc(SC2=C(C(=O)O)N3C(=O)[C@@H](NC(=O)C(N=O)c4nc(N)sc4Cl)[C@@H]3SC2)n1. The average Bonchev–Trinajstić information content (AvgIpc) is 3.42. The van der Waals surface area contributed by atoms with E-state index in [1.165, 1.54) is 11.8 Å². The molecule has 6 N–H and O–H groups in total. The van der Waals surface area contributed by atoms with Crippen molar-refractivity contribution in [3.8, 4) is 0 Å². The zero-order chi connectivity index (χ0) is 26.0. The summed E-state index contributed by atoms with van der Waals surface area (Å²) >= 11 is 12.0. The summed E-state index contributed by atoms with van der Waals surface area (Å²) in [6.07, 6.45) is 0. The molecular formula is C17H17ClN8O5S5. The average molecular weight is 609 g/mol. The number of fused-ring (bicyclic) bond motifs is 1. The second kappa shape index (κ2) is 11.6. The normalized spacial score (nSPS) is 20.1. The third-order valence-electron chi connectivity index (χ3n) is 4.83. The van der Waals surface area contributed by atoms with Gasteiger partial charge in [-0.25, -0.2) is 14.8 Å². The number of nitrogens with one attached hydrogen (secondary N) is 1. The molecule has 36 heavy (non-hydrogen) atoms. The van der Waals surface area contributed by atoms with Crippen LogP contribution in [0.2, 0.25) is 4.34 Å². The minimum absolute atomic E-state index is 0.0384. The Bertz CT molecular complexity index is 1240. The van der Waals surface area contributed by atoms with Crippen molar-refractivity contribution >= 4 is 92.7 Å². The Kier molecular flexibility index (Phi) is 8.74. The number of carboxylic acid groups (broad SMARTS) is 1. The molecule has 0 radical (unpaired) electrons. The predicted octanol–water partition coefficient (Wildman–Crippen LogP) is 1.72. The third kappa shape index (κ3) is 5.48. The zero-order valence-corrected chi connectivity index (χ0v) is 22.8. The lowest BCUT2D eigenvalue weighted by Gasteiger charge is -2.49. The Morgan fingerprint density at radius 2 is 2.17 bits per heavy atom. The Balaban J connectivity index is 1.47. The number of rotatable bonds is 11. The molecule has 2 amide bonds. The van der Waals surface area contributed by atoms with Gasteiger partial charge >= 0.3 is 5.97 Å². The van der Waals surface area contributed by atoms with Crippen molar-refractivity contribution < 1.29 is 19.5 Å². The fourth-order valence-corrected chi connectivity index (χ4v) is 8.26. The first-order valence-corrected chi connectivity index (χ1v) is 15.0. The number of anilines is 1. The molecule has 2 aromatic rings. The van der Waals surface area contributed by atoms with Crippen LogP contribution in [-0.4, -0.2) is 71.6 Å². The zero-order valence-electron chi connectivity index (χ0n) is 18.0. The Morgan fingerprint density at radius 1 is 1.39 bits per heavy atom. The summed E-state index contributed by atoms with van der Waals surface area (Å²) in [5, 5.41) is 14.5. The van der Waals surface area contributed by atoms with E-state index in [0.29, 0.717) is 27.4 Å². The van der Waals surface area contributed by atoms with Gasteiger partial charge in [0.05, 0.1) is 5.75 Å². The minimum atomic E-state index is -1.60. The van der Waals surface area contributed by atoms with Crippen molar-refractivity contribution in [3.63, 3.8) is 0 Å². The highest BCUT2D eigenvalue weighted by molar-refractivity contribution is 8.07. The molecule has 2 aliphatic heterocycles. The number of hydrogen-bond acceptors (Lipinski definition) is 15. The number of nitrogen functional groups attached to an aromatic ring is 1. The third-order valence-corrected chi connectivity index (χ3v) is 10.3. The van der Waals surface area contributed by atoms with E-state index in [1.54, 1.807) is 11.8 Å². The molecule has 13 nitrogen and oxygen atoms in total. The number of aromatic nitrogens is 3. The highest BCUT2D eigenvalue weighted by Gasteiger charge is 2.55. The van der Waals surface area contributed by atoms with Crippen LogP contribution in [0.15, 0.2) is 20.1 Å². The van der Waals surface area contributed by atoms with Crippen molar-refractivity contribution in [2.75, 3.05) is 23.8 Å². The number of carbonyl (C=O) groups excluding carboxylic acids is 2. The highest BCUT2D eigenvalue weighted by Crippen LogP contribution is 2.45. The van der Waals surface area contributed by atoms with Crippen molar-refractivity contribution in [2.45, 2.75) is 27.6 Å². The van der Waals surface area contributed by atoms with E-state index in [-0.39, 0.29) is 26.6 Å². The molecule has 0 bridgehead atoms. The fourth-order valence-electron chi connectivity index (χ4n) is 3.31. The molecule has 2 aliphatic rings. The monoisotopic (exact) mass is 608 g/mol. The first-order valence-electron chi connectivity index (χ1n) is 9.99. The molecule has 0 aromatic carbocycles. The smallest absolute Gasteiger partial charge is 0.353 e. The van der Waals surface area contributed by atoms with Crippen LogP contribution in [-0.2, 0) is 20.1 Å². The molecule has 0 saturated carbocycles. The van der Waals surface area contributed by atoms with Gasteiger partial charge in [-0.05, 0) is 16.7 Å². The van der Waals surface area contributed by atoms with Crippen LogP contribution in [0.1, 0.15) is 17.6 Å². The van der Waals surface area contributed by atoms with Gasteiger partial charge in [-0.3, -0.25) is 14.5 Å². The van der Waals surface area contributed by atoms with Crippen LogP contribution < -0.4 is 16.8 Å². The number of carboxylic acids is 1.